The molecule has 6 nitrogen and oxygen atoms in total. The second-order valence-corrected chi connectivity index (χ2v) is 8.50. The first kappa shape index (κ1) is 21.0. The highest BCUT2D eigenvalue weighted by Gasteiger charge is 2.28. The van der Waals surface area contributed by atoms with Gasteiger partial charge < -0.3 is 19.5 Å². The number of benzene rings is 1. The summed E-state index contributed by atoms with van der Waals surface area (Å²) in [6.45, 7) is 8.97. The molecule has 3 rings (SSSR count). The maximum atomic E-state index is 12.8. The number of nitrogens with zero attached hydrogens (tertiary/aromatic N) is 2. The summed E-state index contributed by atoms with van der Waals surface area (Å²) in [5, 5.41) is 2.98. The van der Waals surface area contributed by atoms with Gasteiger partial charge in [0.15, 0.2) is 0 Å². The van der Waals surface area contributed by atoms with E-state index in [1.165, 1.54) is 5.56 Å². The zero-order valence-electron chi connectivity index (χ0n) is 17.8. The number of piperidine rings is 1. The Labute approximate surface area is 172 Å². The minimum atomic E-state index is -0.491. The van der Waals surface area contributed by atoms with Crippen LogP contribution in [0.15, 0.2) is 42.6 Å². The van der Waals surface area contributed by atoms with Crippen LogP contribution >= 0.6 is 0 Å². The van der Waals surface area contributed by atoms with E-state index in [9.17, 15) is 9.59 Å². The molecule has 29 heavy (non-hydrogen) atoms. The lowest BCUT2D eigenvalue weighted by molar-refractivity contribution is 0.0187. The maximum Gasteiger partial charge on any atom is 0.410 e. The number of aromatic nitrogens is 1. The molecule has 1 aromatic carbocycles. The van der Waals surface area contributed by atoms with E-state index in [2.05, 4.69) is 12.2 Å². The second kappa shape index (κ2) is 8.72. The Balaban J connectivity index is 1.61. The molecule has 1 saturated heterocycles. The van der Waals surface area contributed by atoms with Crippen LogP contribution in [0.4, 0.5) is 10.5 Å². The molecule has 2 heterocycles. The first-order valence-electron chi connectivity index (χ1n) is 10.3. The van der Waals surface area contributed by atoms with Crippen LogP contribution in [0.1, 0.15) is 62.6 Å². The van der Waals surface area contributed by atoms with Crippen LogP contribution in [0.3, 0.4) is 0 Å². The monoisotopic (exact) mass is 397 g/mol. The number of nitrogens with one attached hydrogen (secondary N) is 1. The molecule has 2 aromatic rings. The van der Waals surface area contributed by atoms with E-state index >= 15 is 0 Å². The molecule has 0 saturated carbocycles. The van der Waals surface area contributed by atoms with E-state index in [-0.39, 0.29) is 18.0 Å². The molecule has 1 aliphatic heterocycles. The number of rotatable bonds is 4. The summed E-state index contributed by atoms with van der Waals surface area (Å²) in [5.74, 6) is -0.117. The summed E-state index contributed by atoms with van der Waals surface area (Å²) in [6, 6.07) is 11.9. The SMILES string of the molecule is CCc1ccc(NC(=O)c2cccn2C2CCN(C(=O)OC(C)(C)C)CC2)cc1. The Hall–Kier alpha value is -2.76. The second-order valence-electron chi connectivity index (χ2n) is 8.50. The van der Waals surface area contributed by atoms with Gasteiger partial charge in [0, 0.05) is 31.0 Å². The topological polar surface area (TPSA) is 63.6 Å². The number of likely N-dealkylation sites (tertiary alicyclic amines) is 1. The van der Waals surface area contributed by atoms with Gasteiger partial charge in [-0.25, -0.2) is 4.79 Å². The number of carbonyl (C=O) groups excluding carboxylic acids is 2. The highest BCUT2D eigenvalue weighted by atomic mass is 16.6. The van der Waals surface area contributed by atoms with E-state index in [1.807, 2.05) is 67.9 Å². The van der Waals surface area contributed by atoms with Crippen LogP contribution in [0, 0.1) is 0 Å². The summed E-state index contributed by atoms with van der Waals surface area (Å²) in [5.41, 5.74) is 2.18. The highest BCUT2D eigenvalue weighted by molar-refractivity contribution is 6.03. The van der Waals surface area contributed by atoms with Gasteiger partial charge in [-0.3, -0.25) is 4.79 Å². The predicted molar refractivity (Wildman–Crippen MR) is 114 cm³/mol. The summed E-state index contributed by atoms with van der Waals surface area (Å²) < 4.78 is 7.49. The molecular formula is C23H31N3O3. The van der Waals surface area contributed by atoms with Gasteiger partial charge in [-0.1, -0.05) is 19.1 Å². The molecule has 2 amide bonds. The molecule has 0 bridgehead atoms. The van der Waals surface area contributed by atoms with Crippen LogP contribution in [0.5, 0.6) is 0 Å². The molecule has 6 heteroatoms. The van der Waals surface area contributed by atoms with Gasteiger partial charge in [-0.2, -0.15) is 0 Å². The van der Waals surface area contributed by atoms with Crippen LogP contribution in [-0.4, -0.2) is 40.2 Å². The number of hydrogen-bond acceptors (Lipinski definition) is 3. The van der Waals surface area contributed by atoms with Gasteiger partial charge in [-0.05, 0) is 69.9 Å². The van der Waals surface area contributed by atoms with E-state index < -0.39 is 5.60 Å². The first-order valence-corrected chi connectivity index (χ1v) is 10.3. The van der Waals surface area contributed by atoms with Crippen molar-refractivity contribution in [1.82, 2.24) is 9.47 Å². The predicted octanol–water partition coefficient (Wildman–Crippen LogP) is 4.87. The lowest BCUT2D eigenvalue weighted by Crippen LogP contribution is -2.42. The number of aryl methyl sites for hydroxylation is 1. The molecule has 1 aliphatic rings. The molecule has 1 fully saturated rings. The summed E-state index contributed by atoms with van der Waals surface area (Å²) in [4.78, 5) is 26.8. The molecule has 0 unspecified atom stereocenters. The normalized spacial score (nSPS) is 15.2. The molecule has 0 atom stereocenters. The fourth-order valence-electron chi connectivity index (χ4n) is 3.58. The number of hydrogen-bond donors (Lipinski definition) is 1. The fraction of sp³-hybridized carbons (Fsp3) is 0.478. The van der Waals surface area contributed by atoms with Gasteiger partial charge in [0.05, 0.1) is 0 Å². The standard InChI is InChI=1S/C23H31N3O3/c1-5-17-8-10-18(11-9-17)24-21(27)20-7-6-14-26(20)19-12-15-25(16-13-19)22(28)29-23(2,3)4/h6-11,14,19H,5,12-13,15-16H2,1-4H3,(H,24,27). The minimum Gasteiger partial charge on any atom is -0.444 e. The summed E-state index contributed by atoms with van der Waals surface area (Å²) >= 11 is 0. The molecule has 156 valence electrons. The number of amides is 2. The zero-order chi connectivity index (χ0) is 21.0. The fourth-order valence-corrected chi connectivity index (χ4v) is 3.58. The zero-order valence-corrected chi connectivity index (χ0v) is 17.8. The Bertz CT molecular complexity index is 841. The third kappa shape index (κ3) is 5.40. The number of anilines is 1. The highest BCUT2D eigenvalue weighted by Crippen LogP contribution is 2.26. The Kier molecular flexibility index (Phi) is 6.30. The van der Waals surface area contributed by atoms with E-state index in [0.717, 1.165) is 24.9 Å². The van der Waals surface area contributed by atoms with Crippen molar-refractivity contribution >= 4 is 17.7 Å². The Morgan fingerprint density at radius 2 is 1.76 bits per heavy atom. The molecule has 1 N–H and O–H groups in total. The van der Waals surface area contributed by atoms with Crippen molar-refractivity contribution in [3.63, 3.8) is 0 Å². The van der Waals surface area contributed by atoms with Gasteiger partial charge in [0.1, 0.15) is 11.3 Å². The van der Waals surface area contributed by atoms with Crippen molar-refractivity contribution in [2.75, 3.05) is 18.4 Å². The van der Waals surface area contributed by atoms with Crippen LogP contribution in [0.2, 0.25) is 0 Å². The Morgan fingerprint density at radius 3 is 2.34 bits per heavy atom. The molecule has 1 aromatic heterocycles. The quantitative estimate of drug-likeness (QED) is 0.800. The van der Waals surface area contributed by atoms with E-state index in [0.29, 0.717) is 18.8 Å². The van der Waals surface area contributed by atoms with Crippen molar-refractivity contribution < 1.29 is 14.3 Å². The summed E-state index contributed by atoms with van der Waals surface area (Å²) in [6.07, 6.45) is 4.23. The summed E-state index contributed by atoms with van der Waals surface area (Å²) in [7, 11) is 0. The van der Waals surface area contributed by atoms with Crippen molar-refractivity contribution in [2.24, 2.45) is 0 Å². The maximum absolute atomic E-state index is 12.8. The molecule has 0 aliphatic carbocycles. The van der Waals surface area contributed by atoms with Crippen LogP contribution in [-0.2, 0) is 11.2 Å². The average molecular weight is 398 g/mol. The molecule has 0 spiro atoms. The van der Waals surface area contributed by atoms with Gasteiger partial charge >= 0.3 is 6.09 Å². The van der Waals surface area contributed by atoms with Crippen molar-refractivity contribution in [2.45, 2.75) is 58.6 Å². The van der Waals surface area contributed by atoms with Crippen molar-refractivity contribution in [3.05, 3.63) is 53.9 Å². The number of carbonyl (C=O) groups is 2. The largest absolute Gasteiger partial charge is 0.444 e. The van der Waals surface area contributed by atoms with Crippen molar-refractivity contribution in [1.29, 1.82) is 0 Å². The van der Waals surface area contributed by atoms with Gasteiger partial charge in [0.25, 0.3) is 5.91 Å². The third-order valence-corrected chi connectivity index (χ3v) is 5.14. The first-order chi connectivity index (χ1) is 13.8. The smallest absolute Gasteiger partial charge is 0.410 e. The van der Waals surface area contributed by atoms with Crippen molar-refractivity contribution in [3.8, 4) is 0 Å². The van der Waals surface area contributed by atoms with Gasteiger partial charge in [0.2, 0.25) is 0 Å². The lowest BCUT2D eigenvalue weighted by Gasteiger charge is -2.34. The molecular weight excluding hydrogens is 366 g/mol. The minimum absolute atomic E-state index is 0.117. The molecule has 0 radical (unpaired) electrons. The third-order valence-electron chi connectivity index (χ3n) is 5.14. The van der Waals surface area contributed by atoms with Gasteiger partial charge in [-0.15, -0.1) is 0 Å². The van der Waals surface area contributed by atoms with Crippen LogP contribution in [0.25, 0.3) is 0 Å². The van der Waals surface area contributed by atoms with E-state index in [4.69, 9.17) is 4.74 Å². The van der Waals surface area contributed by atoms with E-state index in [1.54, 1.807) is 4.90 Å². The number of ether oxygens (including phenoxy) is 1. The average Bonchev–Trinajstić information content (AvgIpc) is 3.17. The lowest BCUT2D eigenvalue weighted by atomic mass is 10.0. The Morgan fingerprint density at radius 1 is 1.10 bits per heavy atom. The van der Waals surface area contributed by atoms with Crippen LogP contribution < -0.4 is 5.32 Å².